The number of rotatable bonds is 6. The summed E-state index contributed by atoms with van der Waals surface area (Å²) in [6.07, 6.45) is 2.50. The molecule has 0 aromatic heterocycles. The number of nitrogens with zero attached hydrogens (tertiary/aromatic N) is 2. The fraction of sp³-hybridized carbons (Fsp3) is 0.409. The van der Waals surface area contributed by atoms with Crippen LogP contribution < -0.4 is 10.6 Å². The molecule has 0 amide bonds. The lowest BCUT2D eigenvalue weighted by atomic mass is 10.0. The van der Waals surface area contributed by atoms with E-state index in [0.717, 1.165) is 38.5 Å². The maximum atomic E-state index is 13.7. The standard InChI is InChI=1S/C22H28F2N4.HI/c1-25-22(26-12-9-18-15-19(23)7-8-21(18)24)27-20-10-13-28(14-11-20)16-17-5-3-2-4-6-17;/h2-8,15,20H,9-14,16H2,1H3,(H2,25,26,27);1H. The summed E-state index contributed by atoms with van der Waals surface area (Å²) in [7, 11) is 1.72. The van der Waals surface area contributed by atoms with E-state index in [0.29, 0.717) is 30.5 Å². The van der Waals surface area contributed by atoms with Gasteiger partial charge in [0.1, 0.15) is 11.6 Å². The van der Waals surface area contributed by atoms with Gasteiger partial charge >= 0.3 is 0 Å². The van der Waals surface area contributed by atoms with Crippen LogP contribution in [0.15, 0.2) is 53.5 Å². The van der Waals surface area contributed by atoms with E-state index >= 15 is 0 Å². The summed E-state index contributed by atoms with van der Waals surface area (Å²) in [6.45, 7) is 3.56. The molecule has 1 aliphatic rings. The van der Waals surface area contributed by atoms with Gasteiger partial charge in [0.15, 0.2) is 5.96 Å². The van der Waals surface area contributed by atoms with Crippen LogP contribution in [-0.2, 0) is 13.0 Å². The Morgan fingerprint density at radius 2 is 1.83 bits per heavy atom. The first-order valence-corrected chi connectivity index (χ1v) is 9.81. The molecule has 0 unspecified atom stereocenters. The van der Waals surface area contributed by atoms with Crippen LogP contribution in [0.2, 0.25) is 0 Å². The first-order valence-electron chi connectivity index (χ1n) is 9.81. The van der Waals surface area contributed by atoms with Crippen molar-refractivity contribution in [3.63, 3.8) is 0 Å². The first kappa shape index (κ1) is 23.5. The fourth-order valence-electron chi connectivity index (χ4n) is 3.52. The summed E-state index contributed by atoms with van der Waals surface area (Å²) in [5.74, 6) is -0.0866. The van der Waals surface area contributed by atoms with Gasteiger partial charge in [0.2, 0.25) is 0 Å². The molecule has 2 N–H and O–H groups in total. The largest absolute Gasteiger partial charge is 0.356 e. The average molecular weight is 514 g/mol. The van der Waals surface area contributed by atoms with Gasteiger partial charge in [0, 0.05) is 39.3 Å². The molecule has 0 saturated carbocycles. The van der Waals surface area contributed by atoms with Crippen molar-refractivity contribution in [3.05, 3.63) is 71.3 Å². The Hall–Kier alpha value is -1.74. The lowest BCUT2D eigenvalue weighted by molar-refractivity contribution is 0.198. The van der Waals surface area contributed by atoms with E-state index in [4.69, 9.17) is 0 Å². The molecule has 4 nitrogen and oxygen atoms in total. The molecule has 2 aromatic carbocycles. The van der Waals surface area contributed by atoms with Gasteiger partial charge in [0.25, 0.3) is 0 Å². The Labute approximate surface area is 188 Å². The highest BCUT2D eigenvalue weighted by Gasteiger charge is 2.20. The zero-order chi connectivity index (χ0) is 19.8. The van der Waals surface area contributed by atoms with Crippen LogP contribution in [0.4, 0.5) is 8.78 Å². The molecule has 2 aromatic rings. The third-order valence-corrected chi connectivity index (χ3v) is 5.10. The van der Waals surface area contributed by atoms with Crippen LogP contribution in [0.1, 0.15) is 24.0 Å². The van der Waals surface area contributed by atoms with Crippen molar-refractivity contribution in [3.8, 4) is 0 Å². The van der Waals surface area contributed by atoms with Gasteiger partial charge in [-0.3, -0.25) is 9.89 Å². The van der Waals surface area contributed by atoms with Gasteiger partial charge in [0.05, 0.1) is 0 Å². The second-order valence-electron chi connectivity index (χ2n) is 7.17. The number of hydrogen-bond acceptors (Lipinski definition) is 2. The predicted molar refractivity (Wildman–Crippen MR) is 125 cm³/mol. The summed E-state index contributed by atoms with van der Waals surface area (Å²) < 4.78 is 26.9. The minimum Gasteiger partial charge on any atom is -0.356 e. The maximum Gasteiger partial charge on any atom is 0.191 e. The van der Waals surface area contributed by atoms with Crippen molar-refractivity contribution in [1.82, 2.24) is 15.5 Å². The zero-order valence-corrected chi connectivity index (χ0v) is 19.0. The van der Waals surface area contributed by atoms with Crippen molar-refractivity contribution in [1.29, 1.82) is 0 Å². The highest BCUT2D eigenvalue weighted by molar-refractivity contribution is 14.0. The molecular weight excluding hydrogens is 485 g/mol. The Bertz CT molecular complexity index is 778. The third-order valence-electron chi connectivity index (χ3n) is 5.10. The maximum absolute atomic E-state index is 13.7. The molecular formula is C22H29F2IN4. The fourth-order valence-corrected chi connectivity index (χ4v) is 3.52. The van der Waals surface area contributed by atoms with Crippen LogP contribution in [0.3, 0.4) is 0 Å². The number of piperidine rings is 1. The van der Waals surface area contributed by atoms with E-state index in [1.54, 1.807) is 7.05 Å². The number of hydrogen-bond donors (Lipinski definition) is 2. The second kappa shape index (κ2) is 12.1. The van der Waals surface area contributed by atoms with Crippen LogP contribution in [0, 0.1) is 11.6 Å². The van der Waals surface area contributed by atoms with E-state index in [1.165, 1.54) is 17.7 Å². The minimum atomic E-state index is -0.416. The Morgan fingerprint density at radius 3 is 2.52 bits per heavy atom. The van der Waals surface area contributed by atoms with Crippen LogP contribution in [0.25, 0.3) is 0 Å². The molecule has 0 aliphatic carbocycles. The van der Waals surface area contributed by atoms with Crippen LogP contribution >= 0.6 is 24.0 Å². The summed E-state index contributed by atoms with van der Waals surface area (Å²) in [6, 6.07) is 14.4. The highest BCUT2D eigenvalue weighted by atomic mass is 127. The van der Waals surface area contributed by atoms with Crippen molar-refractivity contribution >= 4 is 29.9 Å². The molecule has 0 radical (unpaired) electrons. The van der Waals surface area contributed by atoms with E-state index in [2.05, 4.69) is 44.8 Å². The van der Waals surface area contributed by atoms with Gasteiger partial charge in [-0.2, -0.15) is 0 Å². The van der Waals surface area contributed by atoms with Crippen molar-refractivity contribution in [2.24, 2.45) is 4.99 Å². The molecule has 1 saturated heterocycles. The quantitative estimate of drug-likeness (QED) is 0.349. The number of aliphatic imine (C=N–C) groups is 1. The normalized spacial score (nSPS) is 15.6. The predicted octanol–water partition coefficient (Wildman–Crippen LogP) is 3.95. The zero-order valence-electron chi connectivity index (χ0n) is 16.7. The summed E-state index contributed by atoms with van der Waals surface area (Å²) in [5, 5.41) is 6.65. The Balaban J connectivity index is 0.00000300. The van der Waals surface area contributed by atoms with E-state index in [9.17, 15) is 8.78 Å². The van der Waals surface area contributed by atoms with Crippen LogP contribution in [0.5, 0.6) is 0 Å². The smallest absolute Gasteiger partial charge is 0.191 e. The topological polar surface area (TPSA) is 39.7 Å². The lowest BCUT2D eigenvalue weighted by Gasteiger charge is -2.33. The number of nitrogens with one attached hydrogen (secondary N) is 2. The van der Waals surface area contributed by atoms with Crippen molar-refractivity contribution < 1.29 is 8.78 Å². The monoisotopic (exact) mass is 514 g/mol. The molecule has 1 fully saturated rings. The molecule has 0 atom stereocenters. The Kier molecular flexibility index (Phi) is 9.80. The number of benzene rings is 2. The molecule has 1 aliphatic heterocycles. The van der Waals surface area contributed by atoms with Crippen molar-refractivity contribution in [2.75, 3.05) is 26.7 Å². The van der Waals surface area contributed by atoms with Gasteiger partial charge in [-0.1, -0.05) is 30.3 Å². The van der Waals surface area contributed by atoms with Gasteiger partial charge < -0.3 is 10.6 Å². The molecule has 7 heteroatoms. The number of halogens is 3. The van der Waals surface area contributed by atoms with E-state index in [-0.39, 0.29) is 29.8 Å². The van der Waals surface area contributed by atoms with E-state index < -0.39 is 5.82 Å². The first-order chi connectivity index (χ1) is 13.6. The van der Waals surface area contributed by atoms with Gasteiger partial charge in [-0.05, 0) is 48.6 Å². The van der Waals surface area contributed by atoms with Gasteiger partial charge in [-0.15, -0.1) is 24.0 Å². The second-order valence-corrected chi connectivity index (χ2v) is 7.17. The Morgan fingerprint density at radius 1 is 1.10 bits per heavy atom. The molecule has 158 valence electrons. The van der Waals surface area contributed by atoms with Crippen molar-refractivity contribution in [2.45, 2.75) is 31.8 Å². The highest BCUT2D eigenvalue weighted by Crippen LogP contribution is 2.14. The molecule has 1 heterocycles. The lowest BCUT2D eigenvalue weighted by Crippen LogP contribution is -2.48. The van der Waals surface area contributed by atoms with Crippen LogP contribution in [-0.4, -0.2) is 43.6 Å². The molecule has 29 heavy (non-hydrogen) atoms. The summed E-state index contributed by atoms with van der Waals surface area (Å²) in [4.78, 5) is 6.72. The average Bonchev–Trinajstić information content (AvgIpc) is 2.72. The molecule has 0 spiro atoms. The summed E-state index contributed by atoms with van der Waals surface area (Å²) >= 11 is 0. The number of guanidine groups is 1. The molecule has 3 rings (SSSR count). The number of likely N-dealkylation sites (tertiary alicyclic amines) is 1. The summed E-state index contributed by atoms with van der Waals surface area (Å²) in [5.41, 5.74) is 1.72. The third kappa shape index (κ3) is 7.54. The molecule has 0 bridgehead atoms. The van der Waals surface area contributed by atoms with E-state index in [1.807, 2.05) is 6.07 Å². The minimum absolute atomic E-state index is 0. The SMILES string of the molecule is CN=C(NCCc1cc(F)ccc1F)NC1CCN(Cc2ccccc2)CC1.I. The van der Waals surface area contributed by atoms with Gasteiger partial charge in [-0.25, -0.2) is 8.78 Å².